The van der Waals surface area contributed by atoms with Gasteiger partial charge in [-0.2, -0.15) is 9.78 Å². The maximum atomic E-state index is 12.8. The molecule has 0 radical (unpaired) electrons. The molecule has 0 aliphatic heterocycles. The van der Waals surface area contributed by atoms with Crippen LogP contribution in [-0.2, 0) is 0 Å². The van der Waals surface area contributed by atoms with Crippen molar-refractivity contribution in [3.8, 4) is 39.7 Å². The molecular formula is C30H23N7OS. The predicted octanol–water partition coefficient (Wildman–Crippen LogP) is 6.11. The molecule has 0 aliphatic rings. The molecule has 2 N–H and O–H groups in total. The molecule has 3 aromatic carbocycles. The fourth-order valence-corrected chi connectivity index (χ4v) is 5.15. The van der Waals surface area contributed by atoms with E-state index in [0.717, 1.165) is 16.7 Å². The van der Waals surface area contributed by atoms with Crippen molar-refractivity contribution in [1.29, 1.82) is 0 Å². The summed E-state index contributed by atoms with van der Waals surface area (Å²) in [5.74, 6) is 0.0809. The largest absolute Gasteiger partial charge is 0.397 e. The number of nitrogens with two attached hydrogens (primary N) is 1. The second kappa shape index (κ2) is 10.1. The van der Waals surface area contributed by atoms with Gasteiger partial charge in [-0.05, 0) is 13.2 Å². The monoisotopic (exact) mass is 529 g/mol. The van der Waals surface area contributed by atoms with E-state index in [9.17, 15) is 4.79 Å². The van der Waals surface area contributed by atoms with E-state index < -0.39 is 0 Å². The average Bonchev–Trinajstić information content (AvgIpc) is 3.37. The van der Waals surface area contributed by atoms with E-state index in [1.807, 2.05) is 97.3 Å². The van der Waals surface area contributed by atoms with Gasteiger partial charge in [0.15, 0.2) is 11.4 Å². The summed E-state index contributed by atoms with van der Waals surface area (Å²) in [5.41, 5.74) is 12.2. The number of carbonyl (C=O) groups is 1. The normalized spacial score (nSPS) is 11.1. The Bertz CT molecular complexity index is 1820. The lowest BCUT2D eigenvalue weighted by Crippen LogP contribution is -2.10. The number of aromatic nitrogens is 6. The van der Waals surface area contributed by atoms with Gasteiger partial charge in [0.05, 0.1) is 22.3 Å². The first-order valence-corrected chi connectivity index (χ1v) is 13.5. The Morgan fingerprint density at radius 1 is 0.744 bits per heavy atom. The number of fused-ring (bicyclic) bond motifs is 1. The maximum Gasteiger partial charge on any atom is 0.272 e. The van der Waals surface area contributed by atoms with Crippen molar-refractivity contribution in [1.82, 2.24) is 29.9 Å². The summed E-state index contributed by atoms with van der Waals surface area (Å²) >= 11 is 1.41. The summed E-state index contributed by atoms with van der Waals surface area (Å²) in [5, 5.41) is 15.1. The third-order valence-electron chi connectivity index (χ3n) is 6.37. The van der Waals surface area contributed by atoms with Gasteiger partial charge in [-0.3, -0.25) is 4.79 Å². The van der Waals surface area contributed by atoms with Crippen molar-refractivity contribution in [2.24, 2.45) is 0 Å². The number of anilines is 1. The van der Waals surface area contributed by atoms with E-state index in [2.05, 4.69) is 10.2 Å². The van der Waals surface area contributed by atoms with Crippen molar-refractivity contribution < 1.29 is 4.79 Å². The molecule has 0 amide bonds. The minimum Gasteiger partial charge on any atom is -0.397 e. The van der Waals surface area contributed by atoms with Crippen molar-refractivity contribution in [2.45, 2.75) is 11.9 Å². The molecule has 0 spiro atoms. The van der Waals surface area contributed by atoms with E-state index in [1.54, 1.807) is 4.68 Å². The highest BCUT2D eigenvalue weighted by atomic mass is 32.2. The summed E-state index contributed by atoms with van der Waals surface area (Å²) in [6, 6.07) is 29.2. The van der Waals surface area contributed by atoms with Crippen LogP contribution in [0.2, 0.25) is 0 Å². The zero-order valence-corrected chi connectivity index (χ0v) is 22.1. The van der Waals surface area contributed by atoms with E-state index in [-0.39, 0.29) is 11.7 Å². The Balaban J connectivity index is 1.64. The third kappa shape index (κ3) is 4.32. The number of hydrogen-bond acceptors (Lipinski definition) is 8. The second-order valence-corrected chi connectivity index (χ2v) is 9.63. The number of pyridine rings is 1. The lowest BCUT2D eigenvalue weighted by atomic mass is 10.0. The van der Waals surface area contributed by atoms with Crippen LogP contribution in [0.15, 0.2) is 96.0 Å². The molecule has 0 aliphatic carbocycles. The Kier molecular flexibility index (Phi) is 6.34. The number of rotatable bonds is 6. The number of Topliss-reactive ketones (excluding diaryl/α,β-unsaturated/α-hetero) is 1. The van der Waals surface area contributed by atoms with Crippen molar-refractivity contribution in [2.75, 3.05) is 12.0 Å². The summed E-state index contributed by atoms with van der Waals surface area (Å²) in [7, 11) is 0. The van der Waals surface area contributed by atoms with Crippen LogP contribution in [0.1, 0.15) is 17.3 Å². The summed E-state index contributed by atoms with van der Waals surface area (Å²) in [4.78, 5) is 22.6. The molecule has 0 bridgehead atoms. The first-order valence-electron chi connectivity index (χ1n) is 12.2. The molecule has 9 heteroatoms. The van der Waals surface area contributed by atoms with Crippen LogP contribution in [0.3, 0.4) is 0 Å². The van der Waals surface area contributed by atoms with Crippen molar-refractivity contribution in [3.63, 3.8) is 0 Å². The van der Waals surface area contributed by atoms with Gasteiger partial charge in [0.25, 0.3) is 5.95 Å². The smallest absolute Gasteiger partial charge is 0.272 e. The number of thioether (sulfide) groups is 1. The molecule has 6 aromatic rings. The summed E-state index contributed by atoms with van der Waals surface area (Å²) < 4.78 is 1.56. The topological polar surface area (TPSA) is 112 Å². The Morgan fingerprint density at radius 3 is 1.82 bits per heavy atom. The predicted molar refractivity (Wildman–Crippen MR) is 155 cm³/mol. The number of nitrogen functional groups attached to an aromatic ring is 1. The van der Waals surface area contributed by atoms with E-state index in [4.69, 9.17) is 20.8 Å². The molecule has 0 fully saturated rings. The van der Waals surface area contributed by atoms with E-state index >= 15 is 0 Å². The van der Waals surface area contributed by atoms with Gasteiger partial charge < -0.3 is 5.73 Å². The molecular weight excluding hydrogens is 506 g/mol. The maximum absolute atomic E-state index is 12.8. The molecule has 0 unspecified atom stereocenters. The Hall–Kier alpha value is -4.89. The number of nitrogens with zero attached hydrogens (tertiary/aromatic N) is 6. The zero-order valence-electron chi connectivity index (χ0n) is 21.2. The second-order valence-electron chi connectivity index (χ2n) is 8.83. The third-order valence-corrected chi connectivity index (χ3v) is 7.05. The van der Waals surface area contributed by atoms with Gasteiger partial charge in [-0.25, -0.2) is 9.97 Å². The van der Waals surface area contributed by atoms with Gasteiger partial charge >= 0.3 is 0 Å². The quantitative estimate of drug-likeness (QED) is 0.203. The van der Waals surface area contributed by atoms with Crippen LogP contribution in [0, 0.1) is 0 Å². The number of hydrogen-bond donors (Lipinski definition) is 1. The lowest BCUT2D eigenvalue weighted by Gasteiger charge is -2.12. The first kappa shape index (κ1) is 24.4. The molecule has 39 heavy (non-hydrogen) atoms. The van der Waals surface area contributed by atoms with Gasteiger partial charge in [0.2, 0.25) is 0 Å². The molecule has 8 nitrogen and oxygen atoms in total. The van der Waals surface area contributed by atoms with Crippen LogP contribution in [0.25, 0.3) is 50.8 Å². The molecule has 190 valence electrons. The van der Waals surface area contributed by atoms with Gasteiger partial charge in [0.1, 0.15) is 16.4 Å². The van der Waals surface area contributed by atoms with Crippen LogP contribution >= 0.6 is 11.8 Å². The minimum atomic E-state index is -0.169. The van der Waals surface area contributed by atoms with Crippen LogP contribution in [-0.4, -0.2) is 42.0 Å². The highest BCUT2D eigenvalue weighted by Crippen LogP contribution is 2.38. The van der Waals surface area contributed by atoms with Crippen LogP contribution < -0.4 is 5.73 Å². The lowest BCUT2D eigenvalue weighted by molar-refractivity contribution is 0.101. The average molecular weight is 530 g/mol. The minimum absolute atomic E-state index is 0.169. The molecule has 0 saturated carbocycles. The Morgan fingerprint density at radius 2 is 1.28 bits per heavy atom. The first-order chi connectivity index (χ1) is 19.1. The standard InChI is InChI=1S/C30H23N7OS/c1-18(38)22-24(31)23-28(32-25(22)19-12-6-3-7-13-19)37(36-29(23)39-2)30-33-26(20-14-8-4-9-15-20)27(34-35-30)21-16-10-5-11-17-21/h3-17H,1-2H3,(H2,31,32). The van der Waals surface area contributed by atoms with Crippen molar-refractivity contribution >= 4 is 34.3 Å². The summed E-state index contributed by atoms with van der Waals surface area (Å²) in [6.07, 6.45) is 1.90. The highest BCUT2D eigenvalue weighted by Gasteiger charge is 2.25. The molecule has 6 rings (SSSR count). The molecule has 3 aromatic heterocycles. The molecule has 0 saturated heterocycles. The molecule has 3 heterocycles. The fourth-order valence-electron chi connectivity index (χ4n) is 4.58. The fraction of sp³-hybridized carbons (Fsp3) is 0.0667. The summed E-state index contributed by atoms with van der Waals surface area (Å²) in [6.45, 7) is 1.50. The van der Waals surface area contributed by atoms with Crippen LogP contribution in [0.5, 0.6) is 0 Å². The van der Waals surface area contributed by atoms with Gasteiger partial charge in [-0.15, -0.1) is 22.0 Å². The Labute approximate surface area is 229 Å². The number of carbonyl (C=O) groups excluding carboxylic acids is 1. The van der Waals surface area contributed by atoms with E-state index in [0.29, 0.717) is 44.4 Å². The zero-order chi connectivity index (χ0) is 26.9. The number of benzene rings is 3. The SMILES string of the molecule is CSc1nn(-c2nnc(-c3ccccc3)c(-c3ccccc3)n2)c2nc(-c3ccccc3)c(C(C)=O)c(N)c12. The molecule has 0 atom stereocenters. The highest BCUT2D eigenvalue weighted by molar-refractivity contribution is 7.98. The van der Waals surface area contributed by atoms with Gasteiger partial charge in [0, 0.05) is 16.7 Å². The van der Waals surface area contributed by atoms with Crippen LogP contribution in [0.4, 0.5) is 5.69 Å². The van der Waals surface area contributed by atoms with Crippen molar-refractivity contribution in [3.05, 3.63) is 96.6 Å². The van der Waals surface area contributed by atoms with Gasteiger partial charge in [-0.1, -0.05) is 91.0 Å². The number of ketones is 1. The van der Waals surface area contributed by atoms with E-state index in [1.165, 1.54) is 18.7 Å².